The summed E-state index contributed by atoms with van der Waals surface area (Å²) < 4.78 is 3.70. The topological polar surface area (TPSA) is 96.2 Å². The maximum absolute atomic E-state index is 14.0. The highest BCUT2D eigenvalue weighted by Gasteiger charge is 2.27. The van der Waals surface area contributed by atoms with E-state index in [0.717, 1.165) is 53.6 Å². The van der Waals surface area contributed by atoms with Crippen LogP contribution in [0.1, 0.15) is 73.3 Å². The van der Waals surface area contributed by atoms with Gasteiger partial charge in [-0.25, -0.2) is 4.52 Å². The Kier molecular flexibility index (Phi) is 6.71. The van der Waals surface area contributed by atoms with Gasteiger partial charge < -0.3 is 5.11 Å². The maximum Gasteiger partial charge on any atom is 0.259 e. The summed E-state index contributed by atoms with van der Waals surface area (Å²) in [6, 6.07) is 18.0. The molecule has 2 aromatic heterocycles. The van der Waals surface area contributed by atoms with Crippen molar-refractivity contribution in [1.29, 1.82) is 5.26 Å². The number of aromatic nitrogens is 4. The number of fused-ring (bicyclic) bond motifs is 1. The van der Waals surface area contributed by atoms with E-state index in [1.807, 2.05) is 64.5 Å². The number of nitriles is 1. The van der Waals surface area contributed by atoms with Crippen molar-refractivity contribution in [2.75, 3.05) is 0 Å². The van der Waals surface area contributed by atoms with Gasteiger partial charge in [0, 0.05) is 18.0 Å². The zero-order valence-electron chi connectivity index (χ0n) is 20.8. The molecule has 184 valence electrons. The minimum absolute atomic E-state index is 0.00126. The molecule has 0 amide bonds. The molecule has 0 saturated heterocycles. The van der Waals surface area contributed by atoms with Crippen LogP contribution in [0.25, 0.3) is 16.9 Å². The molecule has 2 aromatic carbocycles. The molecule has 0 radical (unpaired) electrons. The lowest BCUT2D eigenvalue weighted by molar-refractivity contribution is 0.110. The standard InChI is InChI=1S/C29H31N5O2/c1-3-6-27-26(17-20-9-11-21(12-10-20)25-8-5-4-7-22(25)18-30)28(36)33(23-13-15-24(35)16-14-23)29-31-19(2)32-34(27)29/h4-5,7-12,23-24,35H,3,6,13-17H2,1-2H3/t23-,24-. The Labute approximate surface area is 210 Å². The van der Waals surface area contributed by atoms with E-state index in [-0.39, 0.29) is 17.7 Å². The molecule has 0 aliphatic heterocycles. The highest BCUT2D eigenvalue weighted by molar-refractivity contribution is 5.70. The van der Waals surface area contributed by atoms with E-state index in [9.17, 15) is 15.2 Å². The third kappa shape index (κ3) is 4.45. The van der Waals surface area contributed by atoms with Gasteiger partial charge in [0.2, 0.25) is 5.78 Å². The first kappa shape index (κ1) is 24.0. The first-order valence-corrected chi connectivity index (χ1v) is 12.8. The lowest BCUT2D eigenvalue weighted by Crippen LogP contribution is -2.34. The van der Waals surface area contributed by atoms with Crippen molar-refractivity contribution in [2.24, 2.45) is 0 Å². The summed E-state index contributed by atoms with van der Waals surface area (Å²) in [5, 5.41) is 24.2. The van der Waals surface area contributed by atoms with Gasteiger partial charge in [0.1, 0.15) is 5.82 Å². The second kappa shape index (κ2) is 10.1. The van der Waals surface area contributed by atoms with Gasteiger partial charge in [-0.3, -0.25) is 9.36 Å². The molecule has 0 atom stereocenters. The molecule has 0 unspecified atom stereocenters. The van der Waals surface area contributed by atoms with Crippen LogP contribution >= 0.6 is 0 Å². The number of aliphatic hydroxyl groups excluding tert-OH is 1. The Morgan fingerprint density at radius 3 is 2.50 bits per heavy atom. The predicted octanol–water partition coefficient (Wildman–Crippen LogP) is 4.76. The van der Waals surface area contributed by atoms with Gasteiger partial charge in [-0.15, -0.1) is 0 Å². The van der Waals surface area contributed by atoms with E-state index in [4.69, 9.17) is 0 Å². The van der Waals surface area contributed by atoms with Crippen LogP contribution in [-0.2, 0) is 12.8 Å². The number of hydrogen-bond donors (Lipinski definition) is 1. The van der Waals surface area contributed by atoms with Crippen LogP contribution in [0.3, 0.4) is 0 Å². The summed E-state index contributed by atoms with van der Waals surface area (Å²) in [5.74, 6) is 1.25. The van der Waals surface area contributed by atoms with E-state index >= 15 is 0 Å². The third-order valence-electron chi connectivity index (χ3n) is 7.20. The monoisotopic (exact) mass is 481 g/mol. The van der Waals surface area contributed by atoms with Crippen LogP contribution in [0, 0.1) is 18.3 Å². The van der Waals surface area contributed by atoms with E-state index in [0.29, 0.717) is 36.4 Å². The van der Waals surface area contributed by atoms with Gasteiger partial charge in [0.15, 0.2) is 0 Å². The second-order valence-corrected chi connectivity index (χ2v) is 9.71. The molecule has 0 bridgehead atoms. The Bertz CT molecular complexity index is 1490. The molecule has 2 heterocycles. The summed E-state index contributed by atoms with van der Waals surface area (Å²) in [5.41, 5.74) is 5.23. The Hall–Kier alpha value is -3.76. The molecule has 1 fully saturated rings. The molecule has 1 aliphatic carbocycles. The molecule has 5 rings (SSSR count). The number of hydrogen-bond acceptors (Lipinski definition) is 5. The number of benzene rings is 2. The third-order valence-corrected chi connectivity index (χ3v) is 7.20. The molecule has 4 aromatic rings. The second-order valence-electron chi connectivity index (χ2n) is 9.71. The van der Waals surface area contributed by atoms with E-state index in [1.54, 1.807) is 0 Å². The molecule has 36 heavy (non-hydrogen) atoms. The average Bonchev–Trinajstić information content (AvgIpc) is 3.28. The molecule has 0 spiro atoms. The maximum atomic E-state index is 14.0. The van der Waals surface area contributed by atoms with Crippen molar-refractivity contribution in [2.45, 2.75) is 70.9 Å². The van der Waals surface area contributed by atoms with Crippen molar-refractivity contribution >= 4 is 5.78 Å². The van der Waals surface area contributed by atoms with Gasteiger partial charge >= 0.3 is 0 Å². The van der Waals surface area contributed by atoms with Crippen LogP contribution in [0.15, 0.2) is 53.3 Å². The zero-order valence-corrected chi connectivity index (χ0v) is 20.8. The van der Waals surface area contributed by atoms with E-state index in [1.165, 1.54) is 0 Å². The van der Waals surface area contributed by atoms with Gasteiger partial charge in [-0.05, 0) is 61.8 Å². The molecule has 7 nitrogen and oxygen atoms in total. The van der Waals surface area contributed by atoms with Gasteiger partial charge in [0.05, 0.1) is 23.4 Å². The highest BCUT2D eigenvalue weighted by Crippen LogP contribution is 2.30. The Morgan fingerprint density at radius 2 is 1.81 bits per heavy atom. The average molecular weight is 482 g/mol. The fourth-order valence-corrected chi connectivity index (χ4v) is 5.38. The fourth-order valence-electron chi connectivity index (χ4n) is 5.38. The van der Waals surface area contributed by atoms with Crippen LogP contribution in [0.2, 0.25) is 0 Å². The van der Waals surface area contributed by atoms with Crippen LogP contribution in [0.4, 0.5) is 0 Å². The SMILES string of the molecule is CCCc1c(Cc2ccc(-c3ccccc3C#N)cc2)c(=O)n([C@H]2CC[C@H](O)CC2)c2nc(C)nn12. The van der Waals surface area contributed by atoms with Gasteiger partial charge in [-0.2, -0.15) is 15.3 Å². The lowest BCUT2D eigenvalue weighted by Gasteiger charge is -2.28. The molecule has 7 heteroatoms. The fraction of sp³-hybridized carbons (Fsp3) is 0.379. The summed E-state index contributed by atoms with van der Waals surface area (Å²) in [4.78, 5) is 18.7. The first-order valence-electron chi connectivity index (χ1n) is 12.8. The molecular weight excluding hydrogens is 450 g/mol. The van der Waals surface area contributed by atoms with E-state index < -0.39 is 0 Å². The van der Waals surface area contributed by atoms with E-state index in [2.05, 4.69) is 23.1 Å². The van der Waals surface area contributed by atoms with Crippen LogP contribution in [0.5, 0.6) is 0 Å². The van der Waals surface area contributed by atoms with Crippen molar-refractivity contribution in [3.05, 3.63) is 87.1 Å². The number of aliphatic hydroxyl groups is 1. The summed E-state index contributed by atoms with van der Waals surface area (Å²) in [6.45, 7) is 3.97. The van der Waals surface area contributed by atoms with Crippen molar-refractivity contribution in [3.63, 3.8) is 0 Å². The largest absolute Gasteiger partial charge is 0.393 e. The normalized spacial score (nSPS) is 17.8. The molecule has 1 N–H and O–H groups in total. The smallest absolute Gasteiger partial charge is 0.259 e. The minimum atomic E-state index is -0.295. The Morgan fingerprint density at radius 1 is 1.08 bits per heavy atom. The van der Waals surface area contributed by atoms with Crippen molar-refractivity contribution in [1.82, 2.24) is 19.2 Å². The van der Waals surface area contributed by atoms with Crippen LogP contribution in [-0.4, -0.2) is 30.4 Å². The number of rotatable bonds is 6. The highest BCUT2D eigenvalue weighted by atomic mass is 16.3. The summed E-state index contributed by atoms with van der Waals surface area (Å²) in [6.07, 6.45) is 4.72. The predicted molar refractivity (Wildman–Crippen MR) is 139 cm³/mol. The minimum Gasteiger partial charge on any atom is -0.393 e. The quantitative estimate of drug-likeness (QED) is 0.428. The molecular formula is C29H31N5O2. The summed E-state index contributed by atoms with van der Waals surface area (Å²) >= 11 is 0. The number of nitrogens with zero attached hydrogens (tertiary/aromatic N) is 5. The van der Waals surface area contributed by atoms with Crippen molar-refractivity contribution in [3.8, 4) is 17.2 Å². The van der Waals surface area contributed by atoms with Gasteiger partial charge in [-0.1, -0.05) is 55.8 Å². The molecule has 1 aliphatic rings. The van der Waals surface area contributed by atoms with Gasteiger partial charge in [0.25, 0.3) is 5.56 Å². The van der Waals surface area contributed by atoms with Crippen LogP contribution < -0.4 is 5.56 Å². The summed E-state index contributed by atoms with van der Waals surface area (Å²) in [7, 11) is 0. The lowest BCUT2D eigenvalue weighted by atomic mass is 9.92. The Balaban J connectivity index is 1.58. The number of aryl methyl sites for hydroxylation is 2. The van der Waals surface area contributed by atoms with Crippen molar-refractivity contribution < 1.29 is 5.11 Å². The first-order chi connectivity index (χ1) is 17.5. The molecule has 1 saturated carbocycles. The zero-order chi connectivity index (χ0) is 25.2.